The van der Waals surface area contributed by atoms with E-state index >= 15 is 0 Å². The van der Waals surface area contributed by atoms with Crippen LogP contribution in [0.3, 0.4) is 0 Å². The van der Waals surface area contributed by atoms with Gasteiger partial charge >= 0.3 is 0 Å². The fraction of sp³-hybridized carbons (Fsp3) is 0.588. The molecule has 5 heteroatoms. The van der Waals surface area contributed by atoms with E-state index in [1.54, 1.807) is 11.8 Å². The zero-order chi connectivity index (χ0) is 15.9. The van der Waals surface area contributed by atoms with Gasteiger partial charge in [-0.1, -0.05) is 19.1 Å². The Kier molecular flexibility index (Phi) is 6.73. The van der Waals surface area contributed by atoms with Crippen molar-refractivity contribution in [3.8, 4) is 0 Å². The van der Waals surface area contributed by atoms with Crippen molar-refractivity contribution >= 4 is 23.4 Å². The zero-order valence-electron chi connectivity index (χ0n) is 13.7. The van der Waals surface area contributed by atoms with Crippen LogP contribution >= 0.6 is 11.8 Å². The van der Waals surface area contributed by atoms with Crippen LogP contribution in [-0.4, -0.2) is 49.1 Å². The van der Waals surface area contributed by atoms with Crippen LogP contribution in [0.15, 0.2) is 18.2 Å². The first-order chi connectivity index (χ1) is 10.6. The lowest BCUT2D eigenvalue weighted by molar-refractivity contribution is -0.118. The number of aryl methyl sites for hydroxylation is 1. The van der Waals surface area contributed by atoms with Gasteiger partial charge in [0.25, 0.3) is 0 Å². The van der Waals surface area contributed by atoms with Crippen molar-refractivity contribution in [1.82, 2.24) is 4.90 Å². The molecule has 2 rings (SSSR count). The molecule has 4 nitrogen and oxygen atoms in total. The Balaban J connectivity index is 2.01. The van der Waals surface area contributed by atoms with Crippen LogP contribution in [0.1, 0.15) is 18.1 Å². The number of amides is 1. The lowest BCUT2D eigenvalue weighted by atomic mass is 10.1. The monoisotopic (exact) mass is 322 g/mol. The van der Waals surface area contributed by atoms with Crippen LogP contribution < -0.4 is 5.32 Å². The summed E-state index contributed by atoms with van der Waals surface area (Å²) in [5.74, 6) is 0.969. The van der Waals surface area contributed by atoms with Crippen molar-refractivity contribution in [2.75, 3.05) is 43.6 Å². The van der Waals surface area contributed by atoms with Crippen LogP contribution in [0.5, 0.6) is 0 Å². The molecule has 1 aromatic rings. The highest BCUT2D eigenvalue weighted by atomic mass is 32.2. The largest absolute Gasteiger partial charge is 0.379 e. The number of morpholine rings is 1. The summed E-state index contributed by atoms with van der Waals surface area (Å²) in [6.45, 7) is 8.48. The summed E-state index contributed by atoms with van der Waals surface area (Å²) < 4.78 is 5.38. The average molecular weight is 322 g/mol. The third-order valence-electron chi connectivity index (χ3n) is 3.93. The normalized spacial score (nSPS) is 17.2. The molecule has 0 radical (unpaired) electrons. The molecule has 1 atom stereocenters. The first-order valence-corrected chi connectivity index (χ1v) is 9.19. The Bertz CT molecular complexity index is 501. The van der Waals surface area contributed by atoms with Crippen molar-refractivity contribution in [1.29, 1.82) is 0 Å². The number of hydrogen-bond acceptors (Lipinski definition) is 4. The summed E-state index contributed by atoms with van der Waals surface area (Å²) in [6.07, 6.45) is 2.03. The van der Waals surface area contributed by atoms with Gasteiger partial charge in [-0.3, -0.25) is 9.69 Å². The standard InChI is InChI=1S/C17H26N2O2S/c1-13-4-5-15(11-19-6-8-21-9-7-19)10-16(13)18-17(20)14(2)12-22-3/h4-5,10,14H,6-9,11-12H2,1-3H3,(H,18,20). The molecule has 1 aliphatic heterocycles. The first kappa shape index (κ1) is 17.3. The van der Waals surface area contributed by atoms with Crippen LogP contribution in [0.4, 0.5) is 5.69 Å². The first-order valence-electron chi connectivity index (χ1n) is 7.79. The van der Waals surface area contributed by atoms with Crippen molar-refractivity contribution in [3.63, 3.8) is 0 Å². The van der Waals surface area contributed by atoms with E-state index in [4.69, 9.17) is 4.74 Å². The number of nitrogens with one attached hydrogen (secondary N) is 1. The molecule has 1 N–H and O–H groups in total. The van der Waals surface area contributed by atoms with Crippen LogP contribution in [0.2, 0.25) is 0 Å². The van der Waals surface area contributed by atoms with Gasteiger partial charge in [0.2, 0.25) is 5.91 Å². The Morgan fingerprint density at radius 3 is 2.82 bits per heavy atom. The number of hydrogen-bond donors (Lipinski definition) is 1. The molecule has 1 heterocycles. The summed E-state index contributed by atoms with van der Waals surface area (Å²) in [5.41, 5.74) is 3.28. The summed E-state index contributed by atoms with van der Waals surface area (Å²) in [7, 11) is 0. The minimum Gasteiger partial charge on any atom is -0.379 e. The molecule has 1 amide bonds. The summed E-state index contributed by atoms with van der Waals surface area (Å²) in [5, 5.41) is 3.08. The predicted molar refractivity (Wildman–Crippen MR) is 93.5 cm³/mol. The fourth-order valence-electron chi connectivity index (χ4n) is 2.50. The van der Waals surface area contributed by atoms with Gasteiger partial charge in [0, 0.05) is 37.0 Å². The quantitative estimate of drug-likeness (QED) is 0.874. The average Bonchev–Trinajstić information content (AvgIpc) is 2.52. The van der Waals surface area contributed by atoms with E-state index < -0.39 is 0 Å². The zero-order valence-corrected chi connectivity index (χ0v) is 14.5. The van der Waals surface area contributed by atoms with Crippen molar-refractivity contribution in [3.05, 3.63) is 29.3 Å². The number of rotatable bonds is 6. The van der Waals surface area contributed by atoms with Gasteiger partial charge in [0.15, 0.2) is 0 Å². The van der Waals surface area contributed by atoms with Crippen molar-refractivity contribution < 1.29 is 9.53 Å². The van der Waals surface area contributed by atoms with Gasteiger partial charge in [-0.2, -0.15) is 11.8 Å². The van der Waals surface area contributed by atoms with E-state index in [2.05, 4.69) is 28.4 Å². The highest BCUT2D eigenvalue weighted by Crippen LogP contribution is 2.20. The molecule has 22 heavy (non-hydrogen) atoms. The maximum absolute atomic E-state index is 12.2. The smallest absolute Gasteiger partial charge is 0.228 e. The van der Waals surface area contributed by atoms with Gasteiger partial charge in [0.05, 0.1) is 13.2 Å². The lowest BCUT2D eigenvalue weighted by Crippen LogP contribution is -2.35. The molecule has 1 aliphatic rings. The van der Waals surface area contributed by atoms with Crippen LogP contribution in [0.25, 0.3) is 0 Å². The molecule has 0 bridgehead atoms. The van der Waals surface area contributed by atoms with Gasteiger partial charge < -0.3 is 10.1 Å². The number of benzene rings is 1. The summed E-state index contributed by atoms with van der Waals surface area (Å²) >= 11 is 1.70. The van der Waals surface area contributed by atoms with Gasteiger partial charge in [-0.05, 0) is 30.4 Å². The Morgan fingerprint density at radius 2 is 2.14 bits per heavy atom. The number of ether oxygens (including phenoxy) is 1. The highest BCUT2D eigenvalue weighted by Gasteiger charge is 2.15. The van der Waals surface area contributed by atoms with E-state index in [-0.39, 0.29) is 11.8 Å². The topological polar surface area (TPSA) is 41.6 Å². The Morgan fingerprint density at radius 1 is 1.41 bits per heavy atom. The van der Waals surface area contributed by atoms with E-state index in [9.17, 15) is 4.79 Å². The molecule has 1 saturated heterocycles. The minimum absolute atomic E-state index is 0.0253. The Labute approximate surface area is 137 Å². The predicted octanol–water partition coefficient (Wildman–Crippen LogP) is 2.76. The highest BCUT2D eigenvalue weighted by molar-refractivity contribution is 7.98. The van der Waals surface area contributed by atoms with E-state index in [1.807, 2.05) is 20.1 Å². The molecule has 1 fully saturated rings. The Hall–Kier alpha value is -1.04. The summed E-state index contributed by atoms with van der Waals surface area (Å²) in [4.78, 5) is 14.6. The van der Waals surface area contributed by atoms with Crippen molar-refractivity contribution in [2.24, 2.45) is 5.92 Å². The number of nitrogens with zero attached hydrogens (tertiary/aromatic N) is 1. The maximum Gasteiger partial charge on any atom is 0.228 e. The number of carbonyl (C=O) groups is 1. The van der Waals surface area contributed by atoms with Gasteiger partial charge in [-0.25, -0.2) is 0 Å². The lowest BCUT2D eigenvalue weighted by Gasteiger charge is -2.26. The molecule has 0 aliphatic carbocycles. The van der Waals surface area contributed by atoms with E-state index in [0.717, 1.165) is 49.9 Å². The number of carbonyl (C=O) groups excluding carboxylic acids is 1. The van der Waals surface area contributed by atoms with Gasteiger partial charge in [0.1, 0.15) is 0 Å². The van der Waals surface area contributed by atoms with E-state index in [0.29, 0.717) is 0 Å². The fourth-order valence-corrected chi connectivity index (χ4v) is 3.15. The number of anilines is 1. The minimum atomic E-state index is 0.0253. The number of thioether (sulfide) groups is 1. The third-order valence-corrected chi connectivity index (χ3v) is 4.77. The molecule has 0 aromatic heterocycles. The molecular weight excluding hydrogens is 296 g/mol. The van der Waals surface area contributed by atoms with E-state index in [1.165, 1.54) is 5.56 Å². The molecule has 1 unspecified atom stereocenters. The second-order valence-corrected chi connectivity index (χ2v) is 6.79. The maximum atomic E-state index is 12.2. The van der Waals surface area contributed by atoms with Crippen LogP contribution in [0, 0.1) is 12.8 Å². The third kappa shape index (κ3) is 5.00. The summed E-state index contributed by atoms with van der Waals surface area (Å²) in [6, 6.07) is 6.34. The molecule has 1 aromatic carbocycles. The van der Waals surface area contributed by atoms with Crippen molar-refractivity contribution in [2.45, 2.75) is 20.4 Å². The van der Waals surface area contributed by atoms with Crippen LogP contribution in [-0.2, 0) is 16.1 Å². The molecule has 0 saturated carbocycles. The molecule has 0 spiro atoms. The SMILES string of the molecule is CSCC(C)C(=O)Nc1cc(CN2CCOCC2)ccc1C. The second kappa shape index (κ2) is 8.56. The second-order valence-electron chi connectivity index (χ2n) is 5.88. The van der Waals surface area contributed by atoms with Gasteiger partial charge in [-0.15, -0.1) is 0 Å². The molecular formula is C17H26N2O2S. The molecule has 122 valence electrons.